The fraction of sp³-hybridized carbons (Fsp3) is 0. The third-order valence-electron chi connectivity index (χ3n) is 1.22. The first kappa shape index (κ1) is 13.6. The van der Waals surface area contributed by atoms with Crippen LogP contribution in [0, 0.1) is 0 Å². The Kier molecular flexibility index (Phi) is 5.68. The number of benzene rings is 1. The molecule has 0 atom stereocenters. The van der Waals surface area contributed by atoms with Gasteiger partial charge in [-0.2, -0.15) is 0 Å². The average molecular weight is 248 g/mol. The largest absolute Gasteiger partial charge is 1.00 e. The van der Waals surface area contributed by atoms with Crippen LogP contribution in [0.4, 0.5) is 0 Å². The smallest absolute Gasteiger partial charge is 0.478 e. The Labute approximate surface area is 112 Å². The van der Waals surface area contributed by atoms with Crippen molar-refractivity contribution < 1.29 is 39.5 Å². The van der Waals surface area contributed by atoms with Crippen molar-refractivity contribution in [1.29, 1.82) is 0 Å². The molecule has 0 saturated heterocycles. The molecule has 0 saturated carbocycles. The second kappa shape index (κ2) is 5.44. The van der Waals surface area contributed by atoms with E-state index >= 15 is 0 Å². The van der Waals surface area contributed by atoms with E-state index in [1.54, 1.807) is 0 Å². The predicted octanol–water partition coefficient (Wildman–Crippen LogP) is 0.349. The minimum atomic E-state index is -1.17. The van der Waals surface area contributed by atoms with Crippen molar-refractivity contribution in [2.45, 2.75) is 0 Å². The minimum absolute atomic E-state index is 0. The van der Waals surface area contributed by atoms with Crippen molar-refractivity contribution in [3.63, 3.8) is 0 Å². The normalized spacial score (nSPS) is 9.15. The topological polar surface area (TPSA) is 37.3 Å². The van der Waals surface area contributed by atoms with Gasteiger partial charge < -0.3 is 5.11 Å². The Bertz CT molecular complexity index is 318. The van der Waals surface area contributed by atoms with Crippen LogP contribution in [0.15, 0.2) is 12.1 Å². The number of aromatic carboxylic acids is 1. The maximum Gasteiger partial charge on any atom is 1.00 e. The van der Waals surface area contributed by atoms with Crippen LogP contribution < -0.4 is 29.6 Å². The van der Waals surface area contributed by atoms with Crippen LogP contribution in [0.5, 0.6) is 0 Å². The summed E-state index contributed by atoms with van der Waals surface area (Å²) in [4.78, 5) is 10.5. The first-order valence-electron chi connectivity index (χ1n) is 2.90. The van der Waals surface area contributed by atoms with Gasteiger partial charge in [0, 0.05) is 5.02 Å². The van der Waals surface area contributed by atoms with Gasteiger partial charge in [-0.15, -0.1) is 0 Å². The number of hydrogen-bond acceptors (Lipinski definition) is 1. The summed E-state index contributed by atoms with van der Waals surface area (Å²) < 4.78 is 0. The van der Waals surface area contributed by atoms with E-state index in [0.717, 1.165) is 0 Å². The van der Waals surface area contributed by atoms with Crippen LogP contribution in [0.25, 0.3) is 0 Å². The van der Waals surface area contributed by atoms with Gasteiger partial charge >= 0.3 is 35.5 Å². The molecule has 0 amide bonds. The van der Waals surface area contributed by atoms with Crippen molar-refractivity contribution in [3.05, 3.63) is 32.8 Å². The van der Waals surface area contributed by atoms with E-state index in [4.69, 9.17) is 39.9 Å². The zero-order chi connectivity index (χ0) is 9.30. The van der Waals surface area contributed by atoms with Gasteiger partial charge in [-0.25, -0.2) is 4.79 Å². The molecular formula is C7H3Cl3NaO2+. The van der Waals surface area contributed by atoms with Crippen molar-refractivity contribution >= 4 is 40.8 Å². The summed E-state index contributed by atoms with van der Waals surface area (Å²) in [5.41, 5.74) is -0.122. The van der Waals surface area contributed by atoms with E-state index in [1.165, 1.54) is 12.1 Å². The summed E-state index contributed by atoms with van der Waals surface area (Å²) in [6.45, 7) is 0. The van der Waals surface area contributed by atoms with E-state index in [0.29, 0.717) is 5.02 Å². The second-order valence-corrected chi connectivity index (χ2v) is 3.30. The van der Waals surface area contributed by atoms with E-state index in [1.807, 2.05) is 0 Å². The van der Waals surface area contributed by atoms with Gasteiger partial charge in [-0.3, -0.25) is 0 Å². The van der Waals surface area contributed by atoms with Crippen LogP contribution in [0.3, 0.4) is 0 Å². The number of carboxylic acid groups (broad SMARTS) is 1. The van der Waals surface area contributed by atoms with Crippen molar-refractivity contribution in [2.24, 2.45) is 0 Å². The predicted molar refractivity (Wildman–Crippen MR) is 48.4 cm³/mol. The molecule has 13 heavy (non-hydrogen) atoms. The fourth-order valence-electron chi connectivity index (χ4n) is 0.747. The molecule has 0 heterocycles. The molecule has 0 spiro atoms. The fourth-order valence-corrected chi connectivity index (χ4v) is 1.73. The molecule has 0 unspecified atom stereocenters. The van der Waals surface area contributed by atoms with Gasteiger partial charge in [0.15, 0.2) is 0 Å². The zero-order valence-electron chi connectivity index (χ0n) is 6.64. The quantitative estimate of drug-likeness (QED) is 0.728. The summed E-state index contributed by atoms with van der Waals surface area (Å²) in [5, 5.41) is 9.02. The van der Waals surface area contributed by atoms with E-state index in [9.17, 15) is 4.79 Å². The van der Waals surface area contributed by atoms with Crippen LogP contribution in [-0.2, 0) is 0 Å². The second-order valence-electron chi connectivity index (χ2n) is 2.05. The van der Waals surface area contributed by atoms with E-state index < -0.39 is 5.97 Å². The summed E-state index contributed by atoms with van der Waals surface area (Å²) in [6, 6.07) is 2.66. The molecule has 1 aromatic rings. The summed E-state index contributed by atoms with van der Waals surface area (Å²) in [6.07, 6.45) is 0. The number of halogens is 3. The van der Waals surface area contributed by atoms with Crippen LogP contribution >= 0.6 is 34.8 Å². The summed E-state index contributed by atoms with van der Waals surface area (Å²) in [5.74, 6) is -1.17. The Morgan fingerprint density at radius 3 is 1.85 bits per heavy atom. The molecular weight excluding hydrogens is 245 g/mol. The van der Waals surface area contributed by atoms with Crippen molar-refractivity contribution in [3.8, 4) is 0 Å². The third-order valence-corrected chi connectivity index (χ3v) is 2.04. The van der Waals surface area contributed by atoms with E-state index in [-0.39, 0.29) is 45.2 Å². The van der Waals surface area contributed by atoms with Gasteiger partial charge in [0.05, 0.1) is 15.6 Å². The van der Waals surface area contributed by atoms with Gasteiger partial charge in [0.2, 0.25) is 0 Å². The zero-order valence-corrected chi connectivity index (χ0v) is 10.9. The number of rotatable bonds is 1. The monoisotopic (exact) mass is 247 g/mol. The SMILES string of the molecule is O=C(O)c1c(Cl)cc(Cl)cc1Cl.[Na+]. The number of carbonyl (C=O) groups is 1. The standard InChI is InChI=1S/C7H3Cl3O2.Na/c8-3-1-4(9)6(7(11)12)5(10)2-3;/h1-2H,(H,11,12);/q;+1. The molecule has 0 radical (unpaired) electrons. The number of carboxylic acids is 1. The van der Waals surface area contributed by atoms with Gasteiger partial charge in [0.25, 0.3) is 0 Å². The average Bonchev–Trinajstić information content (AvgIpc) is 1.82. The number of hydrogen-bond donors (Lipinski definition) is 1. The van der Waals surface area contributed by atoms with Gasteiger partial charge in [0.1, 0.15) is 0 Å². The third kappa shape index (κ3) is 3.31. The first-order valence-corrected chi connectivity index (χ1v) is 4.03. The Morgan fingerprint density at radius 2 is 1.54 bits per heavy atom. The molecule has 0 aromatic heterocycles. The molecule has 0 aliphatic rings. The molecule has 1 rings (SSSR count). The molecule has 0 aliphatic heterocycles. The van der Waals surface area contributed by atoms with Crippen LogP contribution in [-0.4, -0.2) is 11.1 Å². The Morgan fingerprint density at radius 1 is 1.15 bits per heavy atom. The molecule has 0 bridgehead atoms. The van der Waals surface area contributed by atoms with Crippen molar-refractivity contribution in [1.82, 2.24) is 0 Å². The summed E-state index contributed by atoms with van der Waals surface area (Å²) >= 11 is 16.7. The minimum Gasteiger partial charge on any atom is -0.478 e. The Balaban J connectivity index is 0.00000144. The molecule has 64 valence electrons. The molecule has 0 aliphatic carbocycles. The first-order chi connectivity index (χ1) is 5.52. The van der Waals surface area contributed by atoms with E-state index in [2.05, 4.69) is 0 Å². The van der Waals surface area contributed by atoms with Crippen molar-refractivity contribution in [2.75, 3.05) is 0 Å². The Hall–Kier alpha value is 0.560. The molecule has 1 N–H and O–H groups in total. The van der Waals surface area contributed by atoms with Gasteiger partial charge in [-0.1, -0.05) is 34.8 Å². The van der Waals surface area contributed by atoms with Crippen LogP contribution in [0.1, 0.15) is 10.4 Å². The molecule has 2 nitrogen and oxygen atoms in total. The molecule has 6 heteroatoms. The summed E-state index contributed by atoms with van der Waals surface area (Å²) in [7, 11) is 0. The van der Waals surface area contributed by atoms with Crippen LogP contribution in [0.2, 0.25) is 15.1 Å². The molecule has 1 aromatic carbocycles. The maximum absolute atomic E-state index is 10.5. The molecule has 0 fully saturated rings. The van der Waals surface area contributed by atoms with Gasteiger partial charge in [-0.05, 0) is 12.1 Å². The maximum atomic E-state index is 10.5.